The van der Waals surface area contributed by atoms with E-state index in [1.807, 2.05) is 18.5 Å². The summed E-state index contributed by atoms with van der Waals surface area (Å²) in [4.78, 5) is 11.7. The molecule has 1 amide bonds. The average molecular weight is 253 g/mol. The second-order valence-corrected chi connectivity index (χ2v) is 4.80. The maximum absolute atomic E-state index is 11.7. The summed E-state index contributed by atoms with van der Waals surface area (Å²) < 4.78 is 1.81. The van der Waals surface area contributed by atoms with Crippen LogP contribution in [0, 0.1) is 0 Å². The van der Waals surface area contributed by atoms with Crippen molar-refractivity contribution in [2.75, 3.05) is 6.54 Å². The quantitative estimate of drug-likeness (QED) is 0.704. The second kappa shape index (κ2) is 7.10. The molecule has 102 valence electrons. The van der Waals surface area contributed by atoms with E-state index in [-0.39, 0.29) is 11.9 Å². The molecule has 6 heteroatoms. The molecule has 0 aliphatic rings. The van der Waals surface area contributed by atoms with Crippen LogP contribution in [0.2, 0.25) is 0 Å². The van der Waals surface area contributed by atoms with E-state index in [1.54, 1.807) is 6.33 Å². The molecule has 0 aliphatic heterocycles. The minimum Gasteiger partial charge on any atom is -0.346 e. The lowest BCUT2D eigenvalue weighted by atomic mass is 10.2. The van der Waals surface area contributed by atoms with E-state index in [9.17, 15) is 4.79 Å². The molecule has 18 heavy (non-hydrogen) atoms. The highest BCUT2D eigenvalue weighted by atomic mass is 16.1. The number of nitrogens with one attached hydrogen (secondary N) is 2. The van der Waals surface area contributed by atoms with Crippen molar-refractivity contribution in [3.63, 3.8) is 0 Å². The Morgan fingerprint density at radius 1 is 1.44 bits per heavy atom. The Morgan fingerprint density at radius 2 is 2.17 bits per heavy atom. The number of aromatic nitrogens is 3. The standard InChI is InChI=1S/C12H23N5O/c1-9(2)13-7-5-6-11(18)15-10(3)12-16-14-8-17(12)4/h8-10,13H,5-7H2,1-4H3,(H,15,18). The minimum absolute atomic E-state index is 0.0519. The van der Waals surface area contributed by atoms with Crippen LogP contribution in [0.25, 0.3) is 0 Å². The van der Waals surface area contributed by atoms with Gasteiger partial charge in [0, 0.05) is 19.5 Å². The van der Waals surface area contributed by atoms with Gasteiger partial charge in [-0.3, -0.25) is 4.79 Å². The number of amides is 1. The molecule has 0 fully saturated rings. The van der Waals surface area contributed by atoms with Crippen molar-refractivity contribution in [2.45, 2.75) is 45.7 Å². The third-order valence-electron chi connectivity index (χ3n) is 2.64. The van der Waals surface area contributed by atoms with Crippen molar-refractivity contribution < 1.29 is 4.79 Å². The predicted octanol–water partition coefficient (Wildman–Crippen LogP) is 0.770. The summed E-state index contributed by atoms with van der Waals surface area (Å²) in [6.07, 6.45) is 3.00. The number of rotatable bonds is 7. The average Bonchev–Trinajstić information content (AvgIpc) is 2.70. The fourth-order valence-electron chi connectivity index (χ4n) is 1.70. The van der Waals surface area contributed by atoms with Crippen molar-refractivity contribution in [2.24, 2.45) is 7.05 Å². The van der Waals surface area contributed by atoms with E-state index in [2.05, 4.69) is 34.7 Å². The Hall–Kier alpha value is -1.43. The Balaban J connectivity index is 2.26. The zero-order valence-electron chi connectivity index (χ0n) is 11.6. The van der Waals surface area contributed by atoms with Gasteiger partial charge in [0.15, 0.2) is 5.82 Å². The predicted molar refractivity (Wildman–Crippen MR) is 69.9 cm³/mol. The normalized spacial score (nSPS) is 12.7. The summed E-state index contributed by atoms with van der Waals surface area (Å²) >= 11 is 0. The summed E-state index contributed by atoms with van der Waals surface area (Å²) in [5, 5.41) is 14.0. The van der Waals surface area contributed by atoms with Gasteiger partial charge in [-0.25, -0.2) is 0 Å². The first-order valence-electron chi connectivity index (χ1n) is 6.37. The Labute approximate surface area is 108 Å². The third kappa shape index (κ3) is 4.83. The SMILES string of the molecule is CC(C)NCCCC(=O)NC(C)c1nncn1C. The topological polar surface area (TPSA) is 71.8 Å². The van der Waals surface area contributed by atoms with Crippen LogP contribution in [0.1, 0.15) is 45.5 Å². The molecule has 0 spiro atoms. The van der Waals surface area contributed by atoms with E-state index in [1.165, 1.54) is 0 Å². The summed E-state index contributed by atoms with van der Waals surface area (Å²) in [5.74, 6) is 0.819. The van der Waals surface area contributed by atoms with Crippen molar-refractivity contribution >= 4 is 5.91 Å². The van der Waals surface area contributed by atoms with Crippen LogP contribution in [0.3, 0.4) is 0 Å². The fraction of sp³-hybridized carbons (Fsp3) is 0.750. The highest BCUT2D eigenvalue weighted by Gasteiger charge is 2.13. The molecule has 0 aliphatic carbocycles. The molecular weight excluding hydrogens is 230 g/mol. The lowest BCUT2D eigenvalue weighted by molar-refractivity contribution is -0.121. The lowest BCUT2D eigenvalue weighted by Gasteiger charge is -2.13. The molecule has 1 aromatic heterocycles. The van der Waals surface area contributed by atoms with E-state index >= 15 is 0 Å². The number of hydrogen-bond acceptors (Lipinski definition) is 4. The summed E-state index contributed by atoms with van der Waals surface area (Å²) in [6.45, 7) is 6.96. The molecule has 0 aromatic carbocycles. The van der Waals surface area contributed by atoms with Crippen LogP contribution in [-0.4, -0.2) is 33.3 Å². The summed E-state index contributed by atoms with van der Waals surface area (Å²) in [6, 6.07) is 0.355. The zero-order valence-corrected chi connectivity index (χ0v) is 11.6. The van der Waals surface area contributed by atoms with E-state index < -0.39 is 0 Å². The summed E-state index contributed by atoms with van der Waals surface area (Å²) in [5.41, 5.74) is 0. The fourth-order valence-corrected chi connectivity index (χ4v) is 1.70. The lowest BCUT2D eigenvalue weighted by Crippen LogP contribution is -2.30. The number of aryl methyl sites for hydroxylation is 1. The van der Waals surface area contributed by atoms with Crippen molar-refractivity contribution in [3.05, 3.63) is 12.2 Å². The highest BCUT2D eigenvalue weighted by Crippen LogP contribution is 2.07. The smallest absolute Gasteiger partial charge is 0.220 e. The molecule has 2 N–H and O–H groups in total. The number of carbonyl (C=O) groups is 1. The van der Waals surface area contributed by atoms with Gasteiger partial charge in [0.1, 0.15) is 6.33 Å². The van der Waals surface area contributed by atoms with Crippen LogP contribution in [0.4, 0.5) is 0 Å². The second-order valence-electron chi connectivity index (χ2n) is 4.80. The van der Waals surface area contributed by atoms with Gasteiger partial charge >= 0.3 is 0 Å². The van der Waals surface area contributed by atoms with Crippen LogP contribution in [0.15, 0.2) is 6.33 Å². The first-order chi connectivity index (χ1) is 8.50. The van der Waals surface area contributed by atoms with E-state index in [0.717, 1.165) is 18.8 Å². The van der Waals surface area contributed by atoms with Crippen LogP contribution in [0.5, 0.6) is 0 Å². The van der Waals surface area contributed by atoms with Gasteiger partial charge in [-0.15, -0.1) is 10.2 Å². The summed E-state index contributed by atoms with van der Waals surface area (Å²) in [7, 11) is 1.87. The molecule has 0 saturated carbocycles. The van der Waals surface area contributed by atoms with Gasteiger partial charge in [0.2, 0.25) is 5.91 Å². The largest absolute Gasteiger partial charge is 0.346 e. The molecule has 0 radical (unpaired) electrons. The molecule has 6 nitrogen and oxygen atoms in total. The zero-order chi connectivity index (χ0) is 13.5. The maximum atomic E-state index is 11.7. The van der Waals surface area contributed by atoms with Gasteiger partial charge in [-0.05, 0) is 19.9 Å². The third-order valence-corrected chi connectivity index (χ3v) is 2.64. The van der Waals surface area contributed by atoms with E-state index in [4.69, 9.17) is 0 Å². The molecular formula is C12H23N5O. The first kappa shape index (κ1) is 14.6. The Bertz CT molecular complexity index is 374. The molecule has 1 unspecified atom stereocenters. The first-order valence-corrected chi connectivity index (χ1v) is 6.37. The molecule has 1 rings (SSSR count). The van der Waals surface area contributed by atoms with Gasteiger partial charge < -0.3 is 15.2 Å². The van der Waals surface area contributed by atoms with Crippen molar-refractivity contribution in [1.82, 2.24) is 25.4 Å². The van der Waals surface area contributed by atoms with Gasteiger partial charge in [-0.2, -0.15) is 0 Å². The van der Waals surface area contributed by atoms with Crippen LogP contribution in [-0.2, 0) is 11.8 Å². The maximum Gasteiger partial charge on any atom is 0.220 e. The molecule has 1 atom stereocenters. The number of carbonyl (C=O) groups excluding carboxylic acids is 1. The number of nitrogens with zero attached hydrogens (tertiary/aromatic N) is 3. The molecule has 0 bridgehead atoms. The Morgan fingerprint density at radius 3 is 2.72 bits per heavy atom. The van der Waals surface area contributed by atoms with Gasteiger partial charge in [0.25, 0.3) is 0 Å². The monoisotopic (exact) mass is 253 g/mol. The van der Waals surface area contributed by atoms with Gasteiger partial charge in [0.05, 0.1) is 6.04 Å². The molecule has 0 saturated heterocycles. The van der Waals surface area contributed by atoms with Crippen molar-refractivity contribution in [3.8, 4) is 0 Å². The van der Waals surface area contributed by atoms with Crippen LogP contribution >= 0.6 is 0 Å². The minimum atomic E-state index is -0.108. The molecule has 1 aromatic rings. The van der Waals surface area contributed by atoms with Crippen LogP contribution < -0.4 is 10.6 Å². The Kier molecular flexibility index (Phi) is 5.77. The number of hydrogen-bond donors (Lipinski definition) is 2. The molecule has 1 heterocycles. The highest BCUT2D eigenvalue weighted by molar-refractivity contribution is 5.76. The van der Waals surface area contributed by atoms with Crippen molar-refractivity contribution in [1.29, 1.82) is 0 Å². The van der Waals surface area contributed by atoms with E-state index in [0.29, 0.717) is 12.5 Å². The van der Waals surface area contributed by atoms with Gasteiger partial charge in [-0.1, -0.05) is 13.8 Å².